The standard InChI is InChI=1S/C20H17F3N4O3/c21-20(22,23)14-4-6-17-24-25-18(27(17)10-14)13-2-1-7-26(9-13)19(28)12-3-5-15-16(8-12)30-11-29-15/h3-6,8,10,13H,1-2,7,9,11H2. The van der Waals surface area contributed by atoms with Crippen molar-refractivity contribution in [2.24, 2.45) is 0 Å². The van der Waals surface area contributed by atoms with E-state index in [0.29, 0.717) is 48.0 Å². The number of fused-ring (bicyclic) bond motifs is 2. The summed E-state index contributed by atoms with van der Waals surface area (Å²) in [5, 5.41) is 8.12. The highest BCUT2D eigenvalue weighted by atomic mass is 19.4. The number of carbonyl (C=O) groups is 1. The largest absolute Gasteiger partial charge is 0.454 e. The Hall–Kier alpha value is -3.30. The van der Waals surface area contributed by atoms with Gasteiger partial charge in [0.1, 0.15) is 5.82 Å². The van der Waals surface area contributed by atoms with E-state index in [1.165, 1.54) is 10.5 Å². The van der Waals surface area contributed by atoms with Gasteiger partial charge < -0.3 is 14.4 Å². The van der Waals surface area contributed by atoms with E-state index in [-0.39, 0.29) is 18.6 Å². The van der Waals surface area contributed by atoms with Crippen molar-refractivity contribution < 1.29 is 27.4 Å². The number of piperidine rings is 1. The van der Waals surface area contributed by atoms with Crippen LogP contribution in [-0.4, -0.2) is 45.3 Å². The molecule has 1 aromatic carbocycles. The summed E-state index contributed by atoms with van der Waals surface area (Å²) >= 11 is 0. The van der Waals surface area contributed by atoms with Gasteiger partial charge in [0.2, 0.25) is 6.79 Å². The zero-order chi connectivity index (χ0) is 20.9. The van der Waals surface area contributed by atoms with Crippen LogP contribution in [0.25, 0.3) is 5.65 Å². The SMILES string of the molecule is O=C(c1ccc2c(c1)OCO2)N1CCCC(c2nnc3ccc(C(F)(F)F)cn23)C1. The number of nitrogens with zero attached hydrogens (tertiary/aromatic N) is 4. The zero-order valence-corrected chi connectivity index (χ0v) is 15.7. The highest BCUT2D eigenvalue weighted by molar-refractivity contribution is 5.95. The molecule has 4 heterocycles. The van der Waals surface area contributed by atoms with E-state index in [1.54, 1.807) is 23.1 Å². The van der Waals surface area contributed by atoms with Gasteiger partial charge in [-0.05, 0) is 43.2 Å². The minimum absolute atomic E-state index is 0.124. The summed E-state index contributed by atoms with van der Waals surface area (Å²) in [6, 6.07) is 7.32. The third-order valence-corrected chi connectivity index (χ3v) is 5.45. The van der Waals surface area contributed by atoms with E-state index in [1.807, 2.05) is 0 Å². The minimum atomic E-state index is -4.45. The predicted octanol–water partition coefficient (Wildman–Crippen LogP) is 3.50. The lowest BCUT2D eigenvalue weighted by Gasteiger charge is -2.32. The van der Waals surface area contributed by atoms with Crippen LogP contribution in [0, 0.1) is 0 Å². The maximum absolute atomic E-state index is 13.1. The maximum atomic E-state index is 13.1. The molecule has 5 rings (SSSR count). The number of aromatic nitrogens is 3. The third-order valence-electron chi connectivity index (χ3n) is 5.45. The Balaban J connectivity index is 1.41. The van der Waals surface area contributed by atoms with Gasteiger partial charge in [-0.3, -0.25) is 9.20 Å². The summed E-state index contributed by atoms with van der Waals surface area (Å²) in [7, 11) is 0. The van der Waals surface area contributed by atoms with Crippen LogP contribution < -0.4 is 9.47 Å². The number of amides is 1. The van der Waals surface area contributed by atoms with E-state index in [2.05, 4.69) is 10.2 Å². The molecule has 156 valence electrons. The van der Waals surface area contributed by atoms with E-state index in [0.717, 1.165) is 18.7 Å². The van der Waals surface area contributed by atoms with Crippen molar-refractivity contribution in [2.45, 2.75) is 24.9 Å². The van der Waals surface area contributed by atoms with Gasteiger partial charge in [0.15, 0.2) is 17.1 Å². The first-order valence-electron chi connectivity index (χ1n) is 9.51. The van der Waals surface area contributed by atoms with Gasteiger partial charge in [-0.25, -0.2) is 0 Å². The monoisotopic (exact) mass is 418 g/mol. The molecule has 30 heavy (non-hydrogen) atoms. The summed E-state index contributed by atoms with van der Waals surface area (Å²) in [6.45, 7) is 1.04. The molecule has 0 saturated carbocycles. The molecule has 0 bridgehead atoms. The minimum Gasteiger partial charge on any atom is -0.454 e. The Morgan fingerprint density at radius 1 is 1.10 bits per heavy atom. The molecular weight excluding hydrogens is 401 g/mol. The molecular formula is C20H17F3N4O3. The summed E-state index contributed by atoms with van der Waals surface area (Å²) < 4.78 is 51.3. The smallest absolute Gasteiger partial charge is 0.417 e. The molecule has 2 aromatic heterocycles. The molecule has 3 aromatic rings. The van der Waals surface area contributed by atoms with Crippen molar-refractivity contribution in [1.29, 1.82) is 0 Å². The molecule has 2 aliphatic heterocycles. The van der Waals surface area contributed by atoms with Crippen LogP contribution >= 0.6 is 0 Å². The third kappa shape index (κ3) is 3.21. The van der Waals surface area contributed by atoms with E-state index < -0.39 is 11.7 Å². The van der Waals surface area contributed by atoms with Crippen molar-refractivity contribution in [1.82, 2.24) is 19.5 Å². The number of hydrogen-bond donors (Lipinski definition) is 0. The van der Waals surface area contributed by atoms with Crippen LogP contribution in [0.15, 0.2) is 36.5 Å². The van der Waals surface area contributed by atoms with Crippen molar-refractivity contribution in [2.75, 3.05) is 19.9 Å². The molecule has 1 fully saturated rings. The molecule has 1 atom stereocenters. The molecule has 0 aliphatic carbocycles. The fourth-order valence-corrected chi connectivity index (χ4v) is 3.94. The Morgan fingerprint density at radius 3 is 2.77 bits per heavy atom. The molecule has 7 nitrogen and oxygen atoms in total. The van der Waals surface area contributed by atoms with E-state index in [4.69, 9.17) is 9.47 Å². The number of hydrogen-bond acceptors (Lipinski definition) is 5. The van der Waals surface area contributed by atoms with Crippen LogP contribution in [0.1, 0.15) is 40.5 Å². The number of halogens is 3. The van der Waals surface area contributed by atoms with Crippen LogP contribution in [0.5, 0.6) is 11.5 Å². The molecule has 0 N–H and O–H groups in total. The number of ether oxygens (including phenoxy) is 2. The maximum Gasteiger partial charge on any atom is 0.417 e. The quantitative estimate of drug-likeness (QED) is 0.637. The highest BCUT2D eigenvalue weighted by Gasteiger charge is 2.33. The first-order chi connectivity index (χ1) is 14.4. The van der Waals surface area contributed by atoms with E-state index in [9.17, 15) is 18.0 Å². The molecule has 10 heteroatoms. The van der Waals surface area contributed by atoms with E-state index >= 15 is 0 Å². The van der Waals surface area contributed by atoms with Crippen molar-refractivity contribution in [3.05, 3.63) is 53.5 Å². The fraction of sp³-hybridized carbons (Fsp3) is 0.350. The second-order valence-corrected chi connectivity index (χ2v) is 7.36. The van der Waals surface area contributed by atoms with Crippen LogP contribution in [0.3, 0.4) is 0 Å². The van der Waals surface area contributed by atoms with Crippen molar-refractivity contribution >= 4 is 11.6 Å². The lowest BCUT2D eigenvalue weighted by atomic mass is 9.96. The predicted molar refractivity (Wildman–Crippen MR) is 98.4 cm³/mol. The second-order valence-electron chi connectivity index (χ2n) is 7.36. The van der Waals surface area contributed by atoms with Gasteiger partial charge in [-0.15, -0.1) is 10.2 Å². The highest BCUT2D eigenvalue weighted by Crippen LogP contribution is 2.34. The molecule has 0 radical (unpaired) electrons. The van der Waals surface area contributed by atoms with Gasteiger partial charge >= 0.3 is 6.18 Å². The lowest BCUT2D eigenvalue weighted by Crippen LogP contribution is -2.39. The Kier molecular flexibility index (Phi) is 4.30. The van der Waals surface area contributed by atoms with Crippen LogP contribution in [-0.2, 0) is 6.18 Å². The molecule has 1 amide bonds. The normalized spacial score (nSPS) is 18.8. The first-order valence-corrected chi connectivity index (χ1v) is 9.51. The van der Waals surface area contributed by atoms with Gasteiger partial charge in [0.25, 0.3) is 5.91 Å². The number of alkyl halides is 3. The van der Waals surface area contributed by atoms with Crippen LogP contribution in [0.4, 0.5) is 13.2 Å². The van der Waals surface area contributed by atoms with Gasteiger partial charge in [-0.1, -0.05) is 0 Å². The van der Waals surface area contributed by atoms with Gasteiger partial charge in [0, 0.05) is 30.8 Å². The lowest BCUT2D eigenvalue weighted by molar-refractivity contribution is -0.137. The Morgan fingerprint density at radius 2 is 1.93 bits per heavy atom. The number of carbonyl (C=O) groups excluding carboxylic acids is 1. The summed E-state index contributed by atoms with van der Waals surface area (Å²) in [5.74, 6) is 1.17. The molecule has 0 spiro atoms. The van der Waals surface area contributed by atoms with Crippen molar-refractivity contribution in [3.63, 3.8) is 0 Å². The number of rotatable bonds is 2. The number of likely N-dealkylation sites (tertiary alicyclic amines) is 1. The van der Waals surface area contributed by atoms with Crippen LogP contribution in [0.2, 0.25) is 0 Å². The molecule has 1 unspecified atom stereocenters. The van der Waals surface area contributed by atoms with Gasteiger partial charge in [-0.2, -0.15) is 13.2 Å². The van der Waals surface area contributed by atoms with Crippen molar-refractivity contribution in [3.8, 4) is 11.5 Å². The molecule has 1 saturated heterocycles. The topological polar surface area (TPSA) is 69.0 Å². The Labute approximate surface area is 169 Å². The second kappa shape index (κ2) is 6.89. The molecule has 2 aliphatic rings. The van der Waals surface area contributed by atoms with Gasteiger partial charge in [0.05, 0.1) is 5.56 Å². The summed E-state index contributed by atoms with van der Waals surface area (Å²) in [5.41, 5.74) is 0.0581. The summed E-state index contributed by atoms with van der Waals surface area (Å²) in [6.07, 6.45) is -2.01. The zero-order valence-electron chi connectivity index (χ0n) is 15.7. The fourth-order valence-electron chi connectivity index (χ4n) is 3.94. The number of benzene rings is 1. The Bertz CT molecular complexity index is 1130. The average Bonchev–Trinajstić information content (AvgIpc) is 3.38. The summed E-state index contributed by atoms with van der Waals surface area (Å²) in [4.78, 5) is 14.7. The number of pyridine rings is 1. The first kappa shape index (κ1) is 18.7. The average molecular weight is 418 g/mol.